The summed E-state index contributed by atoms with van der Waals surface area (Å²) in [6.07, 6.45) is -0.256. The average molecular weight is 589 g/mol. The number of urea groups is 1. The number of hydrogen-bond acceptors (Lipinski definition) is 9. The maximum Gasteiger partial charge on any atom is 0.331 e. The number of nitrogens with one attached hydrogen (secondary N) is 2. The molecule has 2 fully saturated rings. The number of nitrogens with zero attached hydrogens (tertiary/aromatic N) is 5. The summed E-state index contributed by atoms with van der Waals surface area (Å²) >= 11 is 1.40. The molecule has 0 bridgehead atoms. The summed E-state index contributed by atoms with van der Waals surface area (Å²) in [6, 6.07) is 10.1. The second kappa shape index (κ2) is 10.7. The number of hydrazine groups is 1. The van der Waals surface area contributed by atoms with Crippen LogP contribution >= 0.6 is 11.3 Å². The lowest BCUT2D eigenvalue weighted by molar-refractivity contribution is -0.158. The molecule has 13 heteroatoms. The summed E-state index contributed by atoms with van der Waals surface area (Å²) in [4.78, 5) is 48.7. The maximum atomic E-state index is 14.2. The van der Waals surface area contributed by atoms with Crippen molar-refractivity contribution in [2.75, 3.05) is 31.2 Å². The van der Waals surface area contributed by atoms with Crippen LogP contribution in [0.5, 0.6) is 5.75 Å². The highest BCUT2D eigenvalue weighted by Gasteiger charge is 2.52. The number of ether oxygens (including phenoxy) is 1. The molecule has 4 N–H and O–H groups in total. The molecule has 4 amide bonds. The van der Waals surface area contributed by atoms with E-state index in [1.807, 2.05) is 50.2 Å². The largest absolute Gasteiger partial charge is 0.432 e. The first-order chi connectivity index (χ1) is 20.2. The van der Waals surface area contributed by atoms with E-state index in [4.69, 9.17) is 10.5 Å². The van der Waals surface area contributed by atoms with Gasteiger partial charge in [-0.3, -0.25) is 14.6 Å². The van der Waals surface area contributed by atoms with Crippen molar-refractivity contribution in [3.8, 4) is 5.75 Å². The molecule has 3 aliphatic heterocycles. The second-order valence-corrected chi connectivity index (χ2v) is 11.8. The number of benzene rings is 2. The van der Waals surface area contributed by atoms with Crippen LogP contribution in [-0.4, -0.2) is 81.0 Å². The van der Waals surface area contributed by atoms with Crippen LogP contribution in [0.3, 0.4) is 0 Å². The van der Waals surface area contributed by atoms with Gasteiger partial charge in [-0.2, -0.15) is 5.01 Å². The van der Waals surface area contributed by atoms with Gasteiger partial charge in [-0.05, 0) is 43.2 Å². The molecular formula is C29H32N8O4S. The number of hydrogen-bond donors (Lipinski definition) is 3. The van der Waals surface area contributed by atoms with Crippen molar-refractivity contribution >= 4 is 50.2 Å². The third kappa shape index (κ3) is 4.71. The van der Waals surface area contributed by atoms with E-state index in [1.54, 1.807) is 26.9 Å². The molecule has 1 aromatic heterocycles. The fourth-order valence-corrected chi connectivity index (χ4v) is 6.72. The first-order valence-electron chi connectivity index (χ1n) is 13.7. The Morgan fingerprint density at radius 2 is 2.14 bits per heavy atom. The van der Waals surface area contributed by atoms with Crippen LogP contribution in [0.15, 0.2) is 54.6 Å². The molecular weight excluding hydrogens is 556 g/mol. The van der Waals surface area contributed by atoms with Crippen LogP contribution in [0.2, 0.25) is 0 Å². The van der Waals surface area contributed by atoms with Crippen LogP contribution in [0, 0.1) is 0 Å². The van der Waals surface area contributed by atoms with Crippen molar-refractivity contribution in [3.63, 3.8) is 0 Å². The minimum atomic E-state index is -0.783. The lowest BCUT2D eigenvalue weighted by atomic mass is 9.99. The number of thiazole rings is 1. The molecule has 218 valence electrons. The molecule has 6 rings (SSSR count). The van der Waals surface area contributed by atoms with Gasteiger partial charge in [-0.15, -0.1) is 0 Å². The van der Waals surface area contributed by atoms with E-state index in [2.05, 4.69) is 27.9 Å². The van der Waals surface area contributed by atoms with E-state index in [9.17, 15) is 14.4 Å². The Kier molecular flexibility index (Phi) is 7.01. The minimum absolute atomic E-state index is 0.0147. The summed E-state index contributed by atoms with van der Waals surface area (Å²) in [5, 5.41) is 9.60. The molecule has 0 radical (unpaired) electrons. The van der Waals surface area contributed by atoms with E-state index in [-0.39, 0.29) is 49.9 Å². The molecule has 0 aliphatic carbocycles. The van der Waals surface area contributed by atoms with Gasteiger partial charge < -0.3 is 30.9 Å². The van der Waals surface area contributed by atoms with E-state index >= 15 is 0 Å². The predicted molar refractivity (Wildman–Crippen MR) is 159 cm³/mol. The topological polar surface area (TPSA) is 136 Å². The lowest BCUT2D eigenvalue weighted by Crippen LogP contribution is -2.66. The lowest BCUT2D eigenvalue weighted by Gasteiger charge is -2.47. The van der Waals surface area contributed by atoms with Gasteiger partial charge in [0, 0.05) is 26.1 Å². The highest BCUT2D eigenvalue weighted by Crippen LogP contribution is 2.36. The van der Waals surface area contributed by atoms with Crippen molar-refractivity contribution in [2.24, 2.45) is 0 Å². The monoisotopic (exact) mass is 588 g/mol. The molecule has 3 aliphatic rings. The molecule has 2 aromatic carbocycles. The van der Waals surface area contributed by atoms with Crippen molar-refractivity contribution in [2.45, 2.75) is 45.1 Å². The number of anilines is 2. The number of para-hydroxylation sites is 1. The van der Waals surface area contributed by atoms with E-state index < -0.39 is 12.2 Å². The quantitative estimate of drug-likeness (QED) is 0.374. The zero-order valence-corrected chi connectivity index (χ0v) is 24.4. The number of fused-ring (bicyclic) bond motifs is 3. The number of nitrogen functional groups attached to an aromatic ring is 1. The van der Waals surface area contributed by atoms with E-state index in [1.165, 1.54) is 11.3 Å². The number of nitrogens with two attached hydrogens (primary N) is 1. The number of rotatable bonds is 6. The first-order valence-corrected chi connectivity index (χ1v) is 14.5. The van der Waals surface area contributed by atoms with Crippen LogP contribution in [0.1, 0.15) is 25.0 Å². The second-order valence-electron chi connectivity index (χ2n) is 10.7. The molecule has 2 saturated heterocycles. The molecule has 0 unspecified atom stereocenters. The van der Waals surface area contributed by atoms with Gasteiger partial charge in [0.25, 0.3) is 0 Å². The van der Waals surface area contributed by atoms with Gasteiger partial charge in [0.05, 0.1) is 29.0 Å². The number of aromatic nitrogens is 1. The van der Waals surface area contributed by atoms with Gasteiger partial charge >= 0.3 is 6.03 Å². The SMILES string of the molecule is C=C=C1Nc2cc(C[C@H]3C(=O)N(Cc4cccc5sc(N)nc45)C[C@H]4N3C(=O)CN4N(C(=O)NC)C(C)C)ccc2O1. The molecule has 42 heavy (non-hydrogen) atoms. The van der Waals surface area contributed by atoms with Gasteiger partial charge in [0.2, 0.25) is 17.7 Å². The maximum absolute atomic E-state index is 14.2. The minimum Gasteiger partial charge on any atom is -0.432 e. The molecule has 4 heterocycles. The summed E-state index contributed by atoms with van der Waals surface area (Å²) in [6.45, 7) is 7.91. The third-order valence-electron chi connectivity index (χ3n) is 7.73. The van der Waals surface area contributed by atoms with Crippen molar-refractivity contribution in [1.29, 1.82) is 0 Å². The number of amides is 4. The van der Waals surface area contributed by atoms with Crippen molar-refractivity contribution in [1.82, 2.24) is 30.1 Å². The molecule has 12 nitrogen and oxygen atoms in total. The zero-order valence-electron chi connectivity index (χ0n) is 23.6. The summed E-state index contributed by atoms with van der Waals surface area (Å²) < 4.78 is 6.59. The number of piperazine rings is 1. The fraction of sp³-hybridized carbons (Fsp3) is 0.345. The van der Waals surface area contributed by atoms with E-state index in [0.29, 0.717) is 16.8 Å². The van der Waals surface area contributed by atoms with Crippen molar-refractivity contribution in [3.05, 3.63) is 65.7 Å². The fourth-order valence-electron chi connectivity index (χ4n) is 5.93. The highest BCUT2D eigenvalue weighted by atomic mass is 32.1. The smallest absolute Gasteiger partial charge is 0.331 e. The van der Waals surface area contributed by atoms with E-state index in [0.717, 1.165) is 27.0 Å². The molecule has 0 saturated carbocycles. The van der Waals surface area contributed by atoms with Crippen molar-refractivity contribution < 1.29 is 19.1 Å². The standard InChI is InChI=1S/C29H32N8O4S/c1-5-23-32-19-11-17(9-10-21(19)41-23)12-20-27(39)34(13-18-7-6-8-22-26(18)33-28(30)42-22)14-24-35(15-25(38)36(20)24)37(16(2)3)29(40)31-4/h6-11,16,20,24,32H,1,12-15H2,2-4H3,(H2,30,33)(H,31,40)/t20-,24+/m0/s1. The first kappa shape index (κ1) is 27.6. The Bertz CT molecular complexity index is 1650. The average Bonchev–Trinajstić information content (AvgIpc) is 3.65. The zero-order chi connectivity index (χ0) is 29.7. The Hall–Kier alpha value is -4.58. The Balaban J connectivity index is 1.37. The highest BCUT2D eigenvalue weighted by molar-refractivity contribution is 7.22. The van der Waals surface area contributed by atoms with Crippen LogP contribution < -0.4 is 21.1 Å². The van der Waals surface area contributed by atoms with Crippen LogP contribution in [-0.2, 0) is 22.6 Å². The number of carbonyl (C=O) groups is 3. The molecule has 2 atom stereocenters. The predicted octanol–water partition coefficient (Wildman–Crippen LogP) is 2.70. The summed E-state index contributed by atoms with van der Waals surface area (Å²) in [7, 11) is 1.56. The summed E-state index contributed by atoms with van der Waals surface area (Å²) in [5.74, 6) is 0.666. The Morgan fingerprint density at radius 3 is 2.88 bits per heavy atom. The Morgan fingerprint density at radius 1 is 1.33 bits per heavy atom. The summed E-state index contributed by atoms with van der Waals surface area (Å²) in [5.41, 5.74) is 11.9. The van der Waals surface area contributed by atoms with Crippen LogP contribution in [0.25, 0.3) is 10.2 Å². The number of carbonyl (C=O) groups excluding carboxylic acids is 3. The molecule has 0 spiro atoms. The van der Waals surface area contributed by atoms with Gasteiger partial charge in [-0.1, -0.05) is 41.8 Å². The van der Waals surface area contributed by atoms with Gasteiger partial charge in [0.1, 0.15) is 12.2 Å². The normalized spacial score (nSPS) is 20.0. The molecule has 3 aromatic rings. The van der Waals surface area contributed by atoms with Gasteiger partial charge in [0.15, 0.2) is 10.9 Å². The third-order valence-corrected chi connectivity index (χ3v) is 8.58. The van der Waals surface area contributed by atoms with Gasteiger partial charge in [-0.25, -0.2) is 9.78 Å². The Labute approximate surface area is 247 Å². The van der Waals surface area contributed by atoms with Crippen LogP contribution in [0.4, 0.5) is 15.6 Å².